The highest BCUT2D eigenvalue weighted by Crippen LogP contribution is 2.25. The van der Waals surface area contributed by atoms with Gasteiger partial charge in [-0.1, -0.05) is 23.2 Å². The van der Waals surface area contributed by atoms with Crippen LogP contribution in [0.4, 0.5) is 0 Å². The molecule has 1 unspecified atom stereocenters. The lowest BCUT2D eigenvalue weighted by atomic mass is 10.2. The Morgan fingerprint density at radius 1 is 1.30 bits per heavy atom. The smallest absolute Gasteiger partial charge is 0.242 e. The van der Waals surface area contributed by atoms with Gasteiger partial charge < -0.3 is 4.42 Å². The Hall–Kier alpha value is -1.01. The molecule has 1 aromatic carbocycles. The van der Waals surface area contributed by atoms with Gasteiger partial charge in [-0.2, -0.15) is 0 Å². The van der Waals surface area contributed by atoms with Gasteiger partial charge in [0.1, 0.15) is 10.7 Å². The summed E-state index contributed by atoms with van der Waals surface area (Å²) in [5.41, 5.74) is 0. The van der Waals surface area contributed by atoms with E-state index in [2.05, 4.69) is 4.72 Å². The Bertz CT molecular complexity index is 684. The maximum Gasteiger partial charge on any atom is 0.242 e. The standard InChI is InChI=1S/C13H13Cl2NO3S/c1-9(7-11-3-2-6-19-11)16-20(17,18)13-8-10(14)4-5-12(13)15/h2-6,8-9,16H,7H2,1H3. The van der Waals surface area contributed by atoms with Gasteiger partial charge in [-0.3, -0.25) is 0 Å². The van der Waals surface area contributed by atoms with Crippen LogP contribution in [0, 0.1) is 0 Å². The zero-order valence-corrected chi connectivity index (χ0v) is 13.0. The lowest BCUT2D eigenvalue weighted by Crippen LogP contribution is -2.34. The van der Waals surface area contributed by atoms with Crippen LogP contribution in [0.5, 0.6) is 0 Å². The van der Waals surface area contributed by atoms with Crippen molar-refractivity contribution in [1.29, 1.82) is 0 Å². The summed E-state index contributed by atoms with van der Waals surface area (Å²) in [6, 6.07) is 7.53. The van der Waals surface area contributed by atoms with Crippen molar-refractivity contribution in [3.63, 3.8) is 0 Å². The van der Waals surface area contributed by atoms with Crippen molar-refractivity contribution in [2.24, 2.45) is 0 Å². The molecule has 4 nitrogen and oxygen atoms in total. The van der Waals surface area contributed by atoms with Crippen LogP contribution < -0.4 is 4.72 Å². The van der Waals surface area contributed by atoms with E-state index < -0.39 is 10.0 Å². The minimum absolute atomic E-state index is 0.0297. The fourth-order valence-electron chi connectivity index (χ4n) is 1.78. The van der Waals surface area contributed by atoms with Gasteiger partial charge in [0.25, 0.3) is 0 Å². The molecule has 2 rings (SSSR count). The quantitative estimate of drug-likeness (QED) is 0.910. The number of halogens is 2. The van der Waals surface area contributed by atoms with Gasteiger partial charge in [0.2, 0.25) is 10.0 Å². The monoisotopic (exact) mass is 333 g/mol. The van der Waals surface area contributed by atoms with Crippen LogP contribution in [0.3, 0.4) is 0 Å². The molecule has 1 aromatic heterocycles. The molecule has 2 aromatic rings. The first-order valence-corrected chi connectivity index (χ1v) is 8.12. The third-order valence-electron chi connectivity index (χ3n) is 2.63. The van der Waals surface area contributed by atoms with E-state index in [1.807, 2.05) is 0 Å². The van der Waals surface area contributed by atoms with Gasteiger partial charge in [-0.05, 0) is 37.3 Å². The molecular weight excluding hydrogens is 321 g/mol. The van der Waals surface area contributed by atoms with E-state index >= 15 is 0 Å². The van der Waals surface area contributed by atoms with Gasteiger partial charge in [0.05, 0.1) is 11.3 Å². The van der Waals surface area contributed by atoms with E-state index in [0.717, 1.165) is 0 Å². The van der Waals surface area contributed by atoms with Crippen LogP contribution in [-0.4, -0.2) is 14.5 Å². The van der Waals surface area contributed by atoms with Crippen LogP contribution in [-0.2, 0) is 16.4 Å². The van der Waals surface area contributed by atoms with E-state index in [4.69, 9.17) is 27.6 Å². The predicted octanol–water partition coefficient (Wildman–Crippen LogP) is 3.50. The average molecular weight is 334 g/mol. The lowest BCUT2D eigenvalue weighted by Gasteiger charge is -2.14. The second-order valence-electron chi connectivity index (χ2n) is 4.38. The zero-order valence-electron chi connectivity index (χ0n) is 10.6. The highest BCUT2D eigenvalue weighted by Gasteiger charge is 2.21. The van der Waals surface area contributed by atoms with E-state index in [-0.39, 0.29) is 16.0 Å². The number of nitrogens with one attached hydrogen (secondary N) is 1. The number of hydrogen-bond acceptors (Lipinski definition) is 3. The fourth-order valence-corrected chi connectivity index (χ4v) is 3.79. The number of benzene rings is 1. The molecule has 7 heteroatoms. The normalized spacial score (nSPS) is 13.3. The molecule has 0 aliphatic carbocycles. The van der Waals surface area contributed by atoms with Crippen LogP contribution in [0.1, 0.15) is 12.7 Å². The minimum Gasteiger partial charge on any atom is -0.469 e. The maximum absolute atomic E-state index is 12.3. The SMILES string of the molecule is CC(Cc1ccco1)NS(=O)(=O)c1cc(Cl)ccc1Cl. The van der Waals surface area contributed by atoms with Gasteiger partial charge in [-0.25, -0.2) is 13.1 Å². The fraction of sp³-hybridized carbons (Fsp3) is 0.231. The molecular formula is C13H13Cl2NO3S. The largest absolute Gasteiger partial charge is 0.469 e. The van der Waals surface area contributed by atoms with Gasteiger partial charge in [0, 0.05) is 17.5 Å². The molecule has 0 aliphatic heterocycles. The van der Waals surface area contributed by atoms with Gasteiger partial charge in [-0.15, -0.1) is 0 Å². The predicted molar refractivity (Wildman–Crippen MR) is 78.7 cm³/mol. The number of sulfonamides is 1. The Kier molecular flexibility index (Phi) is 4.75. The van der Waals surface area contributed by atoms with Crippen LogP contribution in [0.2, 0.25) is 10.0 Å². The molecule has 1 N–H and O–H groups in total. The molecule has 0 amide bonds. The molecule has 108 valence electrons. The van der Waals surface area contributed by atoms with E-state index in [0.29, 0.717) is 17.2 Å². The molecule has 1 heterocycles. The first kappa shape index (κ1) is 15.4. The molecule has 0 saturated carbocycles. The van der Waals surface area contributed by atoms with Crippen molar-refractivity contribution < 1.29 is 12.8 Å². The summed E-state index contributed by atoms with van der Waals surface area (Å²) in [7, 11) is -3.72. The molecule has 0 aliphatic rings. The van der Waals surface area contributed by atoms with E-state index in [9.17, 15) is 8.42 Å². The highest BCUT2D eigenvalue weighted by atomic mass is 35.5. The van der Waals surface area contributed by atoms with E-state index in [1.165, 1.54) is 18.2 Å². The minimum atomic E-state index is -3.72. The lowest BCUT2D eigenvalue weighted by molar-refractivity contribution is 0.479. The van der Waals surface area contributed by atoms with Crippen molar-refractivity contribution >= 4 is 33.2 Å². The number of hydrogen-bond donors (Lipinski definition) is 1. The molecule has 0 spiro atoms. The molecule has 1 atom stereocenters. The zero-order chi connectivity index (χ0) is 14.8. The summed E-state index contributed by atoms with van der Waals surface area (Å²) in [4.78, 5) is -0.0297. The Morgan fingerprint density at radius 2 is 2.05 bits per heavy atom. The maximum atomic E-state index is 12.3. The number of furan rings is 1. The molecule has 20 heavy (non-hydrogen) atoms. The molecule has 0 bridgehead atoms. The molecule has 0 fully saturated rings. The van der Waals surface area contributed by atoms with E-state index in [1.54, 1.807) is 25.3 Å². The molecule has 0 radical (unpaired) electrons. The first-order chi connectivity index (χ1) is 9.38. The van der Waals surface area contributed by atoms with Crippen molar-refractivity contribution in [3.8, 4) is 0 Å². The second-order valence-corrected chi connectivity index (χ2v) is 6.91. The summed E-state index contributed by atoms with van der Waals surface area (Å²) in [6.07, 6.45) is 1.99. The Morgan fingerprint density at radius 3 is 2.70 bits per heavy atom. The summed E-state index contributed by atoms with van der Waals surface area (Å²) in [5.74, 6) is 0.706. The third-order valence-corrected chi connectivity index (χ3v) is 4.93. The number of rotatable bonds is 5. The topological polar surface area (TPSA) is 59.3 Å². The summed E-state index contributed by atoms with van der Waals surface area (Å²) < 4.78 is 32.3. The third kappa shape index (κ3) is 3.76. The van der Waals surface area contributed by atoms with Crippen molar-refractivity contribution in [1.82, 2.24) is 4.72 Å². The van der Waals surface area contributed by atoms with Gasteiger partial charge >= 0.3 is 0 Å². The van der Waals surface area contributed by atoms with Crippen molar-refractivity contribution in [2.45, 2.75) is 24.3 Å². The second kappa shape index (κ2) is 6.18. The Labute approximate surface area is 127 Å². The Balaban J connectivity index is 2.16. The highest BCUT2D eigenvalue weighted by molar-refractivity contribution is 7.89. The summed E-state index contributed by atoms with van der Waals surface area (Å²) >= 11 is 11.7. The van der Waals surface area contributed by atoms with Crippen LogP contribution >= 0.6 is 23.2 Å². The summed E-state index contributed by atoms with van der Waals surface area (Å²) in [6.45, 7) is 1.75. The summed E-state index contributed by atoms with van der Waals surface area (Å²) in [5, 5.41) is 0.445. The van der Waals surface area contributed by atoms with Crippen LogP contribution in [0.25, 0.3) is 0 Å². The van der Waals surface area contributed by atoms with Gasteiger partial charge in [0.15, 0.2) is 0 Å². The first-order valence-electron chi connectivity index (χ1n) is 5.88. The van der Waals surface area contributed by atoms with Crippen molar-refractivity contribution in [2.75, 3.05) is 0 Å². The average Bonchev–Trinajstić information content (AvgIpc) is 2.84. The van der Waals surface area contributed by atoms with Crippen LogP contribution in [0.15, 0.2) is 45.9 Å². The molecule has 0 saturated heterocycles. The van der Waals surface area contributed by atoms with Crippen molar-refractivity contribution in [3.05, 3.63) is 52.4 Å².